The summed E-state index contributed by atoms with van der Waals surface area (Å²) < 4.78 is 18.5. The minimum atomic E-state index is -0.377. The zero-order valence-electron chi connectivity index (χ0n) is 11.8. The molecular formula is C17H13FN2O2. The summed E-state index contributed by atoms with van der Waals surface area (Å²) in [6.07, 6.45) is 1.57. The molecular weight excluding hydrogens is 283 g/mol. The maximum absolute atomic E-state index is 13.4. The molecule has 5 heteroatoms. The normalized spacial score (nSPS) is 10.5. The highest BCUT2D eigenvalue weighted by Crippen LogP contribution is 2.23. The molecule has 0 atom stereocenters. The number of aromatic nitrogens is 1. The molecule has 1 heterocycles. The fraction of sp³-hybridized carbons (Fsp3) is 0.0588. The number of benzene rings is 2. The lowest BCUT2D eigenvalue weighted by atomic mass is 10.1. The third-order valence-corrected chi connectivity index (χ3v) is 3.28. The van der Waals surface area contributed by atoms with Crippen LogP contribution in [-0.2, 0) is 0 Å². The molecule has 1 amide bonds. The van der Waals surface area contributed by atoms with E-state index in [0.717, 1.165) is 0 Å². The molecule has 0 bridgehead atoms. The van der Waals surface area contributed by atoms with Crippen molar-refractivity contribution in [3.63, 3.8) is 0 Å². The van der Waals surface area contributed by atoms with Gasteiger partial charge in [0, 0.05) is 17.1 Å². The molecule has 22 heavy (non-hydrogen) atoms. The number of nitrogens with one attached hydrogen (secondary N) is 1. The Kier molecular flexibility index (Phi) is 3.70. The van der Waals surface area contributed by atoms with E-state index in [0.29, 0.717) is 27.9 Å². The first-order valence-electron chi connectivity index (χ1n) is 6.67. The van der Waals surface area contributed by atoms with Crippen molar-refractivity contribution < 1.29 is 13.9 Å². The number of nitrogens with zero attached hydrogens (tertiary/aromatic N) is 1. The molecule has 110 valence electrons. The number of hydrogen-bond acceptors (Lipinski definition) is 3. The molecule has 0 aliphatic rings. The third-order valence-electron chi connectivity index (χ3n) is 3.28. The molecule has 0 spiro atoms. The molecule has 1 aromatic heterocycles. The van der Waals surface area contributed by atoms with Crippen molar-refractivity contribution in [3.8, 4) is 5.75 Å². The fourth-order valence-electron chi connectivity index (χ4n) is 2.19. The van der Waals surface area contributed by atoms with Gasteiger partial charge in [0.1, 0.15) is 11.6 Å². The zero-order valence-corrected chi connectivity index (χ0v) is 11.8. The van der Waals surface area contributed by atoms with Crippen molar-refractivity contribution in [3.05, 3.63) is 66.1 Å². The number of carbonyl (C=O) groups is 1. The van der Waals surface area contributed by atoms with Gasteiger partial charge in [-0.25, -0.2) is 4.39 Å². The van der Waals surface area contributed by atoms with Crippen LogP contribution in [0.2, 0.25) is 0 Å². The topological polar surface area (TPSA) is 51.2 Å². The van der Waals surface area contributed by atoms with Gasteiger partial charge in [-0.3, -0.25) is 9.78 Å². The van der Waals surface area contributed by atoms with Crippen LogP contribution in [0, 0.1) is 5.82 Å². The second-order valence-electron chi connectivity index (χ2n) is 4.71. The Labute approximate surface area is 126 Å². The van der Waals surface area contributed by atoms with Crippen LogP contribution in [0.3, 0.4) is 0 Å². The van der Waals surface area contributed by atoms with E-state index >= 15 is 0 Å². The summed E-state index contributed by atoms with van der Waals surface area (Å²) in [7, 11) is 1.54. The highest BCUT2D eigenvalue weighted by atomic mass is 19.1. The zero-order chi connectivity index (χ0) is 15.5. The second-order valence-corrected chi connectivity index (χ2v) is 4.71. The summed E-state index contributed by atoms with van der Waals surface area (Å²) in [6, 6.07) is 12.7. The van der Waals surface area contributed by atoms with Gasteiger partial charge in [-0.1, -0.05) is 6.07 Å². The van der Waals surface area contributed by atoms with Gasteiger partial charge in [0.2, 0.25) is 0 Å². The lowest BCUT2D eigenvalue weighted by Crippen LogP contribution is -2.12. The summed E-state index contributed by atoms with van der Waals surface area (Å²) in [5.41, 5.74) is 1.59. The lowest BCUT2D eigenvalue weighted by molar-refractivity contribution is 0.102. The molecule has 3 rings (SSSR count). The average molecular weight is 296 g/mol. The SMILES string of the molecule is COc1cccc(C(=O)Nc2ccnc3ccc(F)cc23)c1. The fourth-order valence-corrected chi connectivity index (χ4v) is 2.19. The van der Waals surface area contributed by atoms with Gasteiger partial charge in [-0.15, -0.1) is 0 Å². The number of rotatable bonds is 3. The summed E-state index contributed by atoms with van der Waals surface area (Å²) in [6.45, 7) is 0. The van der Waals surface area contributed by atoms with Crippen LogP contribution in [-0.4, -0.2) is 18.0 Å². The van der Waals surface area contributed by atoms with Gasteiger partial charge in [0.05, 0.1) is 18.3 Å². The maximum Gasteiger partial charge on any atom is 0.255 e. The van der Waals surface area contributed by atoms with Gasteiger partial charge in [0.15, 0.2) is 0 Å². The molecule has 0 saturated carbocycles. The van der Waals surface area contributed by atoms with E-state index in [-0.39, 0.29) is 11.7 Å². The lowest BCUT2D eigenvalue weighted by Gasteiger charge is -2.09. The molecule has 0 radical (unpaired) electrons. The van der Waals surface area contributed by atoms with Crippen LogP contribution in [0.25, 0.3) is 10.9 Å². The first-order valence-corrected chi connectivity index (χ1v) is 6.67. The van der Waals surface area contributed by atoms with E-state index in [1.165, 1.54) is 19.2 Å². The number of carbonyl (C=O) groups excluding carboxylic acids is 1. The number of methoxy groups -OCH3 is 1. The van der Waals surface area contributed by atoms with Crippen molar-refractivity contribution in [2.24, 2.45) is 0 Å². The Morgan fingerprint density at radius 1 is 1.18 bits per heavy atom. The average Bonchev–Trinajstić information content (AvgIpc) is 2.55. The van der Waals surface area contributed by atoms with E-state index < -0.39 is 0 Å². The van der Waals surface area contributed by atoms with Crippen molar-refractivity contribution in [2.45, 2.75) is 0 Å². The Bertz CT molecular complexity index is 849. The second kappa shape index (κ2) is 5.81. The minimum Gasteiger partial charge on any atom is -0.497 e. The number of hydrogen-bond donors (Lipinski definition) is 1. The van der Waals surface area contributed by atoms with E-state index in [2.05, 4.69) is 10.3 Å². The number of pyridine rings is 1. The van der Waals surface area contributed by atoms with E-state index in [4.69, 9.17) is 4.74 Å². The summed E-state index contributed by atoms with van der Waals surface area (Å²) >= 11 is 0. The number of halogens is 1. The number of fused-ring (bicyclic) bond motifs is 1. The van der Waals surface area contributed by atoms with E-state index in [9.17, 15) is 9.18 Å². The largest absolute Gasteiger partial charge is 0.497 e. The van der Waals surface area contributed by atoms with Gasteiger partial charge in [0.25, 0.3) is 5.91 Å². The number of amides is 1. The van der Waals surface area contributed by atoms with Gasteiger partial charge < -0.3 is 10.1 Å². The quantitative estimate of drug-likeness (QED) is 0.803. The predicted molar refractivity (Wildman–Crippen MR) is 82.6 cm³/mol. The van der Waals surface area contributed by atoms with Crippen LogP contribution in [0.4, 0.5) is 10.1 Å². The highest BCUT2D eigenvalue weighted by molar-refractivity contribution is 6.08. The van der Waals surface area contributed by atoms with Crippen molar-refractivity contribution in [2.75, 3.05) is 12.4 Å². The monoisotopic (exact) mass is 296 g/mol. The minimum absolute atomic E-state index is 0.296. The van der Waals surface area contributed by atoms with Crippen LogP contribution >= 0.6 is 0 Å². The van der Waals surface area contributed by atoms with Crippen LogP contribution < -0.4 is 10.1 Å². The summed E-state index contributed by atoms with van der Waals surface area (Å²) in [5.74, 6) is -0.0775. The molecule has 0 aliphatic carbocycles. The van der Waals surface area contributed by atoms with Crippen LogP contribution in [0.15, 0.2) is 54.7 Å². The highest BCUT2D eigenvalue weighted by Gasteiger charge is 2.10. The Hall–Kier alpha value is -2.95. The van der Waals surface area contributed by atoms with E-state index in [1.807, 2.05) is 0 Å². The van der Waals surface area contributed by atoms with Crippen LogP contribution in [0.1, 0.15) is 10.4 Å². The molecule has 0 aliphatic heterocycles. The van der Waals surface area contributed by atoms with Crippen molar-refractivity contribution in [1.82, 2.24) is 4.98 Å². The molecule has 3 aromatic rings. The summed E-state index contributed by atoms with van der Waals surface area (Å²) in [4.78, 5) is 16.5. The first kappa shape index (κ1) is 14.0. The predicted octanol–water partition coefficient (Wildman–Crippen LogP) is 3.63. The Morgan fingerprint density at radius 3 is 2.86 bits per heavy atom. The Balaban J connectivity index is 1.95. The van der Waals surface area contributed by atoms with Crippen molar-refractivity contribution in [1.29, 1.82) is 0 Å². The molecule has 1 N–H and O–H groups in total. The molecule has 0 saturated heterocycles. The molecule has 0 fully saturated rings. The van der Waals surface area contributed by atoms with Crippen LogP contribution in [0.5, 0.6) is 5.75 Å². The van der Waals surface area contributed by atoms with E-state index in [1.54, 1.807) is 42.6 Å². The maximum atomic E-state index is 13.4. The molecule has 0 unspecified atom stereocenters. The molecule has 2 aromatic carbocycles. The Morgan fingerprint density at radius 2 is 2.05 bits per heavy atom. The van der Waals surface area contributed by atoms with Gasteiger partial charge in [-0.05, 0) is 42.5 Å². The third kappa shape index (κ3) is 2.74. The van der Waals surface area contributed by atoms with Crippen molar-refractivity contribution >= 4 is 22.5 Å². The standard InChI is InChI=1S/C17H13FN2O2/c1-22-13-4-2-3-11(9-13)17(21)20-16-7-8-19-15-6-5-12(18)10-14(15)16/h2-10H,1H3,(H,19,20,21). The summed E-state index contributed by atoms with van der Waals surface area (Å²) in [5, 5.41) is 3.33. The van der Waals surface area contributed by atoms with Gasteiger partial charge in [-0.2, -0.15) is 0 Å². The van der Waals surface area contributed by atoms with Gasteiger partial charge >= 0.3 is 0 Å². The smallest absolute Gasteiger partial charge is 0.255 e. The first-order chi connectivity index (χ1) is 10.7. The number of anilines is 1. The molecule has 4 nitrogen and oxygen atoms in total. The number of ether oxygens (including phenoxy) is 1.